The van der Waals surface area contributed by atoms with Gasteiger partial charge in [-0.1, -0.05) is 6.07 Å². The molecule has 0 aliphatic carbocycles. The van der Waals surface area contributed by atoms with Crippen LogP contribution in [0.5, 0.6) is 0 Å². The van der Waals surface area contributed by atoms with Crippen LogP contribution in [0, 0.1) is 5.92 Å². The Morgan fingerprint density at radius 1 is 1.35 bits per heavy atom. The summed E-state index contributed by atoms with van der Waals surface area (Å²) in [5.41, 5.74) is 8.03. The lowest BCUT2D eigenvalue weighted by Crippen LogP contribution is -2.28. The standard InChI is InChI=1S/C13H18N4/c14-12-2-1-3-13-16-11(9-17(12)13)8-10-4-6-15-7-5-10/h1-3,9-10,15H,4-8,14H2. The lowest BCUT2D eigenvalue weighted by atomic mass is 9.93. The Bertz CT molecular complexity index is 511. The first-order chi connectivity index (χ1) is 8.33. The van der Waals surface area contributed by atoms with Gasteiger partial charge in [0.2, 0.25) is 0 Å². The summed E-state index contributed by atoms with van der Waals surface area (Å²) in [6, 6.07) is 5.86. The highest BCUT2D eigenvalue weighted by atomic mass is 15.0. The molecule has 2 aromatic rings. The number of pyridine rings is 1. The van der Waals surface area contributed by atoms with E-state index < -0.39 is 0 Å². The van der Waals surface area contributed by atoms with E-state index in [0.29, 0.717) is 0 Å². The van der Waals surface area contributed by atoms with Crippen molar-refractivity contribution < 1.29 is 0 Å². The molecule has 17 heavy (non-hydrogen) atoms. The number of aromatic nitrogens is 2. The third kappa shape index (κ3) is 2.13. The maximum atomic E-state index is 5.92. The van der Waals surface area contributed by atoms with Crippen LogP contribution in [0.4, 0.5) is 5.82 Å². The zero-order valence-electron chi connectivity index (χ0n) is 9.89. The minimum atomic E-state index is 0.756. The van der Waals surface area contributed by atoms with Crippen LogP contribution in [-0.4, -0.2) is 22.5 Å². The van der Waals surface area contributed by atoms with Crippen molar-refractivity contribution in [2.75, 3.05) is 18.8 Å². The maximum absolute atomic E-state index is 5.92. The summed E-state index contributed by atoms with van der Waals surface area (Å²) in [4.78, 5) is 4.63. The first-order valence-corrected chi connectivity index (χ1v) is 6.26. The van der Waals surface area contributed by atoms with Crippen LogP contribution >= 0.6 is 0 Å². The first-order valence-electron chi connectivity index (χ1n) is 6.26. The molecule has 0 spiro atoms. The molecule has 1 saturated heterocycles. The van der Waals surface area contributed by atoms with E-state index in [0.717, 1.165) is 42.6 Å². The van der Waals surface area contributed by atoms with Gasteiger partial charge in [-0.05, 0) is 50.4 Å². The van der Waals surface area contributed by atoms with E-state index in [-0.39, 0.29) is 0 Å². The first kappa shape index (κ1) is 10.6. The van der Waals surface area contributed by atoms with Crippen LogP contribution in [0.15, 0.2) is 24.4 Å². The second-order valence-corrected chi connectivity index (χ2v) is 4.81. The highest BCUT2D eigenvalue weighted by Gasteiger charge is 2.15. The molecule has 4 heteroatoms. The molecule has 1 aliphatic heterocycles. The predicted molar refractivity (Wildman–Crippen MR) is 68.9 cm³/mol. The number of anilines is 1. The van der Waals surface area contributed by atoms with E-state index in [1.807, 2.05) is 22.6 Å². The summed E-state index contributed by atoms with van der Waals surface area (Å²) in [6.07, 6.45) is 5.65. The fraction of sp³-hybridized carbons (Fsp3) is 0.462. The molecule has 2 aromatic heterocycles. The number of nitrogens with zero attached hydrogens (tertiary/aromatic N) is 2. The van der Waals surface area contributed by atoms with Crippen molar-refractivity contribution in [2.45, 2.75) is 19.3 Å². The van der Waals surface area contributed by atoms with Crippen LogP contribution in [0.3, 0.4) is 0 Å². The van der Waals surface area contributed by atoms with Crippen molar-refractivity contribution in [3.63, 3.8) is 0 Å². The fourth-order valence-electron chi connectivity index (χ4n) is 2.56. The monoisotopic (exact) mass is 230 g/mol. The molecule has 3 heterocycles. The molecule has 1 aliphatic rings. The summed E-state index contributed by atoms with van der Waals surface area (Å²) in [5.74, 6) is 1.52. The van der Waals surface area contributed by atoms with Gasteiger partial charge in [-0.3, -0.25) is 4.40 Å². The van der Waals surface area contributed by atoms with E-state index in [1.54, 1.807) is 0 Å². The molecule has 4 nitrogen and oxygen atoms in total. The van der Waals surface area contributed by atoms with Gasteiger partial charge in [0, 0.05) is 6.20 Å². The van der Waals surface area contributed by atoms with Gasteiger partial charge in [-0.2, -0.15) is 0 Å². The van der Waals surface area contributed by atoms with Crippen LogP contribution in [0.2, 0.25) is 0 Å². The van der Waals surface area contributed by atoms with E-state index in [9.17, 15) is 0 Å². The number of rotatable bonds is 2. The Balaban J connectivity index is 1.83. The molecule has 1 fully saturated rings. The third-order valence-electron chi connectivity index (χ3n) is 3.53. The molecule has 0 bridgehead atoms. The number of nitrogen functional groups attached to an aromatic ring is 1. The second-order valence-electron chi connectivity index (χ2n) is 4.81. The Morgan fingerprint density at radius 3 is 2.94 bits per heavy atom. The molecule has 90 valence electrons. The molecule has 0 aromatic carbocycles. The minimum Gasteiger partial charge on any atom is -0.385 e. The number of hydrogen-bond acceptors (Lipinski definition) is 3. The molecule has 0 amide bonds. The molecular weight excluding hydrogens is 212 g/mol. The summed E-state index contributed by atoms with van der Waals surface area (Å²) in [7, 11) is 0. The largest absolute Gasteiger partial charge is 0.385 e. The number of imidazole rings is 1. The van der Waals surface area contributed by atoms with E-state index >= 15 is 0 Å². The smallest absolute Gasteiger partial charge is 0.138 e. The van der Waals surface area contributed by atoms with Crippen molar-refractivity contribution in [3.8, 4) is 0 Å². The lowest BCUT2D eigenvalue weighted by molar-refractivity contribution is 0.370. The van der Waals surface area contributed by atoms with Gasteiger partial charge in [0.1, 0.15) is 11.5 Å². The second kappa shape index (κ2) is 4.37. The lowest BCUT2D eigenvalue weighted by Gasteiger charge is -2.21. The van der Waals surface area contributed by atoms with Gasteiger partial charge >= 0.3 is 0 Å². The maximum Gasteiger partial charge on any atom is 0.138 e. The summed E-state index contributed by atoms with van der Waals surface area (Å²) in [6.45, 7) is 2.28. The zero-order valence-corrected chi connectivity index (χ0v) is 9.89. The summed E-state index contributed by atoms with van der Waals surface area (Å²) in [5, 5.41) is 3.39. The quantitative estimate of drug-likeness (QED) is 0.821. The number of nitrogens with two attached hydrogens (primary N) is 1. The number of nitrogens with one attached hydrogen (secondary N) is 1. The highest BCUT2D eigenvalue weighted by Crippen LogP contribution is 2.19. The normalized spacial score (nSPS) is 17.6. The van der Waals surface area contributed by atoms with E-state index in [4.69, 9.17) is 5.73 Å². The third-order valence-corrected chi connectivity index (χ3v) is 3.53. The van der Waals surface area contributed by atoms with Crippen LogP contribution in [-0.2, 0) is 6.42 Å². The number of fused-ring (bicyclic) bond motifs is 1. The topological polar surface area (TPSA) is 55.3 Å². The van der Waals surface area contributed by atoms with Crippen molar-refractivity contribution in [1.82, 2.24) is 14.7 Å². The fourth-order valence-corrected chi connectivity index (χ4v) is 2.56. The Hall–Kier alpha value is -1.55. The molecule has 0 unspecified atom stereocenters. The minimum absolute atomic E-state index is 0.756. The predicted octanol–water partition coefficient (Wildman–Crippen LogP) is 1.46. The summed E-state index contributed by atoms with van der Waals surface area (Å²) >= 11 is 0. The SMILES string of the molecule is Nc1cccc2nc(CC3CCNCC3)cn12. The van der Waals surface area contributed by atoms with Gasteiger partial charge in [-0.15, -0.1) is 0 Å². The average molecular weight is 230 g/mol. The van der Waals surface area contributed by atoms with Crippen molar-refractivity contribution in [1.29, 1.82) is 0 Å². The van der Waals surface area contributed by atoms with Crippen LogP contribution in [0.25, 0.3) is 5.65 Å². The molecule has 0 saturated carbocycles. The Kier molecular flexibility index (Phi) is 2.73. The molecule has 3 N–H and O–H groups in total. The Labute approximate surface area is 101 Å². The van der Waals surface area contributed by atoms with Crippen LogP contribution in [0.1, 0.15) is 18.5 Å². The van der Waals surface area contributed by atoms with E-state index in [1.165, 1.54) is 12.8 Å². The van der Waals surface area contributed by atoms with Crippen molar-refractivity contribution in [2.24, 2.45) is 5.92 Å². The number of hydrogen-bond donors (Lipinski definition) is 2. The Morgan fingerprint density at radius 2 is 2.18 bits per heavy atom. The number of piperidine rings is 1. The molecular formula is C13H18N4. The van der Waals surface area contributed by atoms with Gasteiger partial charge in [0.15, 0.2) is 0 Å². The van der Waals surface area contributed by atoms with Crippen molar-refractivity contribution in [3.05, 3.63) is 30.1 Å². The van der Waals surface area contributed by atoms with Gasteiger partial charge in [-0.25, -0.2) is 4.98 Å². The van der Waals surface area contributed by atoms with E-state index in [2.05, 4.69) is 16.5 Å². The molecule has 0 radical (unpaired) electrons. The molecule has 3 rings (SSSR count). The zero-order chi connectivity index (χ0) is 11.7. The average Bonchev–Trinajstić information content (AvgIpc) is 2.74. The molecule has 0 atom stereocenters. The van der Waals surface area contributed by atoms with Gasteiger partial charge in [0.05, 0.1) is 5.69 Å². The van der Waals surface area contributed by atoms with Gasteiger partial charge in [0.25, 0.3) is 0 Å². The van der Waals surface area contributed by atoms with Gasteiger partial charge < -0.3 is 11.1 Å². The van der Waals surface area contributed by atoms with Crippen molar-refractivity contribution >= 4 is 11.5 Å². The highest BCUT2D eigenvalue weighted by molar-refractivity contribution is 5.48. The van der Waals surface area contributed by atoms with Crippen LogP contribution < -0.4 is 11.1 Å². The summed E-state index contributed by atoms with van der Waals surface area (Å²) < 4.78 is 1.97.